The van der Waals surface area contributed by atoms with Crippen LogP contribution in [0.25, 0.3) is 0 Å². The highest BCUT2D eigenvalue weighted by Crippen LogP contribution is 2.15. The number of urea groups is 1. The van der Waals surface area contributed by atoms with Crippen LogP contribution in [0.1, 0.15) is 11.1 Å². The Balaban J connectivity index is 1.93. The molecule has 3 N–H and O–H groups in total. The Morgan fingerprint density at radius 2 is 1.82 bits per heavy atom. The van der Waals surface area contributed by atoms with Gasteiger partial charge in [-0.2, -0.15) is 5.10 Å². The van der Waals surface area contributed by atoms with Crippen LogP contribution in [0.5, 0.6) is 5.75 Å². The van der Waals surface area contributed by atoms with E-state index in [2.05, 4.69) is 10.5 Å². The van der Waals surface area contributed by atoms with Crippen LogP contribution in [0.4, 0.5) is 13.6 Å². The van der Waals surface area contributed by atoms with Gasteiger partial charge in [0.2, 0.25) is 0 Å². The van der Waals surface area contributed by atoms with Crippen molar-refractivity contribution in [3.63, 3.8) is 0 Å². The van der Waals surface area contributed by atoms with Crippen molar-refractivity contribution in [1.82, 2.24) is 5.43 Å². The largest absolute Gasteiger partial charge is 0.489 e. The Hall–Kier alpha value is -2.96. The van der Waals surface area contributed by atoms with Crippen LogP contribution in [0.15, 0.2) is 47.6 Å². The van der Waals surface area contributed by atoms with Crippen LogP contribution in [0.3, 0.4) is 0 Å². The summed E-state index contributed by atoms with van der Waals surface area (Å²) >= 11 is 0. The molecule has 2 aromatic rings. The lowest BCUT2D eigenvalue weighted by Crippen LogP contribution is -2.24. The van der Waals surface area contributed by atoms with Crippen molar-refractivity contribution in [2.24, 2.45) is 10.8 Å². The molecular weight excluding hydrogens is 292 g/mol. The zero-order chi connectivity index (χ0) is 15.9. The van der Waals surface area contributed by atoms with Crippen LogP contribution >= 0.6 is 0 Å². The number of hydrazone groups is 1. The fraction of sp³-hybridized carbons (Fsp3) is 0.0667. The topological polar surface area (TPSA) is 76.7 Å². The monoisotopic (exact) mass is 305 g/mol. The van der Waals surface area contributed by atoms with Crippen molar-refractivity contribution in [3.8, 4) is 5.75 Å². The van der Waals surface area contributed by atoms with Gasteiger partial charge in [-0.15, -0.1) is 0 Å². The Kier molecular flexibility index (Phi) is 5.02. The van der Waals surface area contributed by atoms with E-state index in [0.717, 1.165) is 11.6 Å². The molecule has 0 aliphatic heterocycles. The second-order valence-electron chi connectivity index (χ2n) is 4.37. The standard InChI is InChI=1S/C15H13F2N3O2/c16-12-5-11(6-13(17)7-12)9-22-14-3-1-10(2-4-14)8-19-20-15(18)21/h1-8H,9H2,(H3,18,20,21). The average molecular weight is 305 g/mol. The summed E-state index contributed by atoms with van der Waals surface area (Å²) in [5.74, 6) is -0.760. The van der Waals surface area contributed by atoms with Gasteiger partial charge >= 0.3 is 6.03 Å². The molecule has 0 aliphatic rings. The number of carbonyl (C=O) groups is 1. The molecule has 7 heteroatoms. The average Bonchev–Trinajstić information content (AvgIpc) is 2.45. The van der Waals surface area contributed by atoms with Crippen molar-refractivity contribution in [1.29, 1.82) is 0 Å². The van der Waals surface area contributed by atoms with Crippen LogP contribution in [0.2, 0.25) is 0 Å². The van der Waals surface area contributed by atoms with Crippen molar-refractivity contribution in [2.45, 2.75) is 6.61 Å². The maximum atomic E-state index is 13.0. The van der Waals surface area contributed by atoms with E-state index in [1.165, 1.54) is 18.3 Å². The minimum Gasteiger partial charge on any atom is -0.489 e. The molecule has 0 saturated carbocycles. The molecule has 0 aromatic heterocycles. The van der Waals surface area contributed by atoms with Gasteiger partial charge in [0.1, 0.15) is 24.0 Å². The highest BCUT2D eigenvalue weighted by molar-refractivity contribution is 5.81. The van der Waals surface area contributed by atoms with Crippen LogP contribution < -0.4 is 15.9 Å². The van der Waals surface area contributed by atoms with Gasteiger partial charge in [0.25, 0.3) is 0 Å². The maximum absolute atomic E-state index is 13.0. The van der Waals surface area contributed by atoms with Gasteiger partial charge in [0, 0.05) is 6.07 Å². The fourth-order valence-corrected chi connectivity index (χ4v) is 1.68. The maximum Gasteiger partial charge on any atom is 0.332 e. The van der Waals surface area contributed by atoms with Gasteiger partial charge in [0.05, 0.1) is 6.21 Å². The normalized spacial score (nSPS) is 10.6. The number of ether oxygens (including phenoxy) is 1. The lowest BCUT2D eigenvalue weighted by Gasteiger charge is -2.07. The molecule has 2 aromatic carbocycles. The van der Waals surface area contributed by atoms with Crippen molar-refractivity contribution >= 4 is 12.2 Å². The molecule has 22 heavy (non-hydrogen) atoms. The second-order valence-corrected chi connectivity index (χ2v) is 4.37. The van der Waals surface area contributed by atoms with Gasteiger partial charge in [-0.1, -0.05) is 0 Å². The molecule has 0 radical (unpaired) electrons. The van der Waals surface area contributed by atoms with Gasteiger partial charge in [-0.05, 0) is 47.5 Å². The molecule has 5 nitrogen and oxygen atoms in total. The molecule has 0 bridgehead atoms. The molecule has 114 valence electrons. The first-order chi connectivity index (χ1) is 10.5. The predicted octanol–water partition coefficient (Wildman–Crippen LogP) is 2.55. The number of hydrogen-bond acceptors (Lipinski definition) is 3. The van der Waals surface area contributed by atoms with Crippen molar-refractivity contribution in [3.05, 3.63) is 65.2 Å². The van der Waals surface area contributed by atoms with Crippen LogP contribution in [-0.2, 0) is 6.61 Å². The van der Waals surface area contributed by atoms with E-state index in [1.54, 1.807) is 24.3 Å². The Morgan fingerprint density at radius 1 is 1.18 bits per heavy atom. The molecule has 0 saturated heterocycles. The Labute approximate surface area is 125 Å². The summed E-state index contributed by atoms with van der Waals surface area (Å²) in [7, 11) is 0. The zero-order valence-corrected chi connectivity index (χ0v) is 11.4. The van der Waals surface area contributed by atoms with Gasteiger partial charge in [-0.3, -0.25) is 0 Å². The van der Waals surface area contributed by atoms with Crippen molar-refractivity contribution < 1.29 is 18.3 Å². The minimum absolute atomic E-state index is 0.0470. The first kappa shape index (κ1) is 15.4. The van der Waals surface area contributed by atoms with E-state index >= 15 is 0 Å². The summed E-state index contributed by atoms with van der Waals surface area (Å²) in [5.41, 5.74) is 8.05. The summed E-state index contributed by atoms with van der Waals surface area (Å²) in [4.78, 5) is 10.4. The SMILES string of the molecule is NC(=O)NN=Cc1ccc(OCc2cc(F)cc(F)c2)cc1. The fourth-order valence-electron chi connectivity index (χ4n) is 1.68. The smallest absolute Gasteiger partial charge is 0.332 e. The molecule has 2 amide bonds. The number of primary amides is 1. The molecule has 2 rings (SSSR count). The quantitative estimate of drug-likeness (QED) is 0.658. The van der Waals surface area contributed by atoms with E-state index in [-0.39, 0.29) is 6.61 Å². The number of halogens is 2. The summed E-state index contributed by atoms with van der Waals surface area (Å²) in [5, 5.41) is 3.61. The first-order valence-corrected chi connectivity index (χ1v) is 6.29. The van der Waals surface area contributed by atoms with Crippen LogP contribution in [-0.4, -0.2) is 12.2 Å². The molecule has 0 atom stereocenters. The number of benzene rings is 2. The van der Waals surface area contributed by atoms with Gasteiger partial charge < -0.3 is 10.5 Å². The molecule has 0 fully saturated rings. The van der Waals surface area contributed by atoms with Crippen molar-refractivity contribution in [2.75, 3.05) is 0 Å². The predicted molar refractivity (Wildman–Crippen MR) is 77.4 cm³/mol. The lowest BCUT2D eigenvalue weighted by molar-refractivity contribution is 0.249. The molecule has 0 unspecified atom stereocenters. The van der Waals surface area contributed by atoms with E-state index < -0.39 is 17.7 Å². The number of rotatable bonds is 5. The molecule has 0 spiro atoms. The third-order valence-corrected chi connectivity index (χ3v) is 2.60. The third kappa shape index (κ3) is 4.86. The lowest BCUT2D eigenvalue weighted by atomic mass is 10.2. The zero-order valence-electron chi connectivity index (χ0n) is 11.4. The molecular formula is C15H13F2N3O2. The summed E-state index contributed by atoms with van der Waals surface area (Å²) in [6.07, 6.45) is 1.41. The number of hydrogen-bond donors (Lipinski definition) is 2. The number of nitrogens with one attached hydrogen (secondary N) is 1. The Bertz CT molecular complexity index is 667. The highest BCUT2D eigenvalue weighted by atomic mass is 19.1. The molecule has 0 aliphatic carbocycles. The molecule has 0 heterocycles. The van der Waals surface area contributed by atoms with Gasteiger partial charge in [-0.25, -0.2) is 19.0 Å². The van der Waals surface area contributed by atoms with E-state index in [1.807, 2.05) is 0 Å². The number of carbonyl (C=O) groups excluding carboxylic acids is 1. The minimum atomic E-state index is -0.751. The Morgan fingerprint density at radius 3 is 2.41 bits per heavy atom. The summed E-state index contributed by atoms with van der Waals surface area (Å²) < 4.78 is 31.5. The van der Waals surface area contributed by atoms with Crippen LogP contribution in [0, 0.1) is 11.6 Å². The summed E-state index contributed by atoms with van der Waals surface area (Å²) in [6, 6.07) is 9.21. The first-order valence-electron chi connectivity index (χ1n) is 6.29. The number of nitrogens with two attached hydrogens (primary N) is 1. The van der Waals surface area contributed by atoms with E-state index in [9.17, 15) is 13.6 Å². The summed E-state index contributed by atoms with van der Waals surface area (Å²) in [6.45, 7) is 0.0470. The second kappa shape index (κ2) is 7.16. The highest BCUT2D eigenvalue weighted by Gasteiger charge is 2.02. The number of nitrogens with zero attached hydrogens (tertiary/aromatic N) is 1. The number of amides is 2. The van der Waals surface area contributed by atoms with Gasteiger partial charge in [0.15, 0.2) is 0 Å². The van der Waals surface area contributed by atoms with E-state index in [4.69, 9.17) is 10.5 Å². The van der Waals surface area contributed by atoms with E-state index in [0.29, 0.717) is 11.3 Å². The third-order valence-electron chi connectivity index (χ3n) is 2.60.